The zero-order chi connectivity index (χ0) is 14.8. The van der Waals surface area contributed by atoms with Crippen molar-refractivity contribution in [1.82, 2.24) is 9.78 Å². The van der Waals surface area contributed by atoms with Crippen molar-refractivity contribution >= 4 is 28.4 Å². The predicted octanol–water partition coefficient (Wildman–Crippen LogP) is 4.07. The maximum Gasteiger partial charge on any atom is 0.159 e. The molecule has 0 bridgehead atoms. The molecule has 4 heteroatoms. The Balaban J connectivity index is 1.84. The van der Waals surface area contributed by atoms with Crippen LogP contribution >= 0.6 is 11.8 Å². The van der Waals surface area contributed by atoms with Crippen molar-refractivity contribution in [2.24, 2.45) is 7.05 Å². The van der Waals surface area contributed by atoms with Crippen LogP contribution in [-0.4, -0.2) is 15.6 Å². The summed E-state index contributed by atoms with van der Waals surface area (Å²) in [6.45, 7) is 1.59. The Kier molecular flexibility index (Phi) is 3.80. The zero-order valence-electron chi connectivity index (χ0n) is 12.0. The van der Waals surface area contributed by atoms with E-state index >= 15 is 0 Å². The number of aryl methyl sites for hydroxylation is 1. The lowest BCUT2D eigenvalue weighted by molar-refractivity contribution is 0.101. The normalized spacial score (nSPS) is 11.0. The molecular weight excluding hydrogens is 280 g/mol. The minimum absolute atomic E-state index is 0.0979. The van der Waals surface area contributed by atoms with Crippen LogP contribution in [0.25, 0.3) is 10.9 Å². The van der Waals surface area contributed by atoms with Gasteiger partial charge >= 0.3 is 0 Å². The molecule has 0 aliphatic carbocycles. The summed E-state index contributed by atoms with van der Waals surface area (Å²) in [5.74, 6) is 0.892. The van der Waals surface area contributed by atoms with Gasteiger partial charge in [-0.2, -0.15) is 5.10 Å². The fraction of sp³-hybridized carbons (Fsp3) is 0.176. The van der Waals surface area contributed by atoms with Crippen molar-refractivity contribution < 1.29 is 4.79 Å². The Morgan fingerprint density at radius 3 is 2.81 bits per heavy atom. The summed E-state index contributed by atoms with van der Waals surface area (Å²) in [4.78, 5) is 12.5. The molecule has 3 rings (SSSR count). The molecule has 0 amide bonds. The first-order valence-electron chi connectivity index (χ1n) is 6.79. The van der Waals surface area contributed by atoms with Gasteiger partial charge in [0.05, 0.1) is 11.2 Å². The number of nitrogens with zero attached hydrogens (tertiary/aromatic N) is 2. The number of thioether (sulfide) groups is 1. The minimum Gasteiger partial charge on any atom is -0.295 e. The van der Waals surface area contributed by atoms with Crippen LogP contribution in [0.5, 0.6) is 0 Å². The lowest BCUT2D eigenvalue weighted by Gasteiger charge is -2.02. The molecule has 3 aromatic rings. The average Bonchev–Trinajstić information content (AvgIpc) is 2.82. The summed E-state index contributed by atoms with van der Waals surface area (Å²) in [5.41, 5.74) is 2.97. The molecule has 0 unspecified atom stereocenters. The largest absolute Gasteiger partial charge is 0.295 e. The lowest BCUT2D eigenvalue weighted by Crippen LogP contribution is -1.92. The molecule has 0 radical (unpaired) electrons. The first kappa shape index (κ1) is 13.9. The van der Waals surface area contributed by atoms with Crippen molar-refractivity contribution in [2.45, 2.75) is 17.6 Å². The Labute approximate surface area is 128 Å². The molecule has 0 fully saturated rings. The summed E-state index contributed by atoms with van der Waals surface area (Å²) in [7, 11) is 1.97. The molecule has 0 spiro atoms. The molecule has 1 heterocycles. The number of fused-ring (bicyclic) bond motifs is 1. The topological polar surface area (TPSA) is 34.9 Å². The summed E-state index contributed by atoms with van der Waals surface area (Å²) in [6, 6.07) is 16.0. The lowest BCUT2D eigenvalue weighted by atomic mass is 10.2. The van der Waals surface area contributed by atoms with E-state index < -0.39 is 0 Å². The first-order chi connectivity index (χ1) is 10.1. The smallest absolute Gasteiger partial charge is 0.159 e. The highest BCUT2D eigenvalue weighted by molar-refractivity contribution is 7.98. The van der Waals surface area contributed by atoms with E-state index in [-0.39, 0.29) is 5.78 Å². The Bertz CT molecular complexity index is 807. The van der Waals surface area contributed by atoms with Crippen molar-refractivity contribution in [3.63, 3.8) is 0 Å². The predicted molar refractivity (Wildman–Crippen MR) is 86.7 cm³/mol. The summed E-state index contributed by atoms with van der Waals surface area (Å²) in [5, 5.41) is 5.78. The standard InChI is InChI=1S/C17H16N2OS/c1-12(20)13-6-5-7-14(10-13)21-11-16-15-8-3-4-9-17(15)19(2)18-16/h3-10H,11H2,1-2H3. The van der Waals surface area contributed by atoms with Crippen LogP contribution in [0.1, 0.15) is 23.0 Å². The average molecular weight is 296 g/mol. The van der Waals surface area contributed by atoms with Gasteiger partial charge < -0.3 is 0 Å². The van der Waals surface area contributed by atoms with E-state index in [1.165, 1.54) is 5.39 Å². The molecule has 0 N–H and O–H groups in total. The third kappa shape index (κ3) is 2.85. The maximum atomic E-state index is 11.4. The van der Waals surface area contributed by atoms with Gasteiger partial charge in [-0.3, -0.25) is 9.48 Å². The van der Waals surface area contributed by atoms with E-state index in [0.717, 1.165) is 27.4 Å². The van der Waals surface area contributed by atoms with Gasteiger partial charge in [-0.25, -0.2) is 0 Å². The number of hydrogen-bond acceptors (Lipinski definition) is 3. The van der Waals surface area contributed by atoms with Crippen LogP contribution in [0, 0.1) is 0 Å². The Morgan fingerprint density at radius 1 is 1.19 bits per heavy atom. The van der Waals surface area contributed by atoms with Gasteiger partial charge in [0.25, 0.3) is 0 Å². The SMILES string of the molecule is CC(=O)c1cccc(SCc2nn(C)c3ccccc23)c1. The zero-order valence-corrected chi connectivity index (χ0v) is 12.9. The van der Waals surface area contributed by atoms with Crippen LogP contribution in [0.2, 0.25) is 0 Å². The monoisotopic (exact) mass is 296 g/mol. The fourth-order valence-electron chi connectivity index (χ4n) is 2.35. The highest BCUT2D eigenvalue weighted by Crippen LogP contribution is 2.27. The molecule has 106 valence electrons. The number of para-hydroxylation sites is 1. The number of hydrogen-bond donors (Lipinski definition) is 0. The third-order valence-corrected chi connectivity index (χ3v) is 4.46. The number of Topliss-reactive ketones (excluding diaryl/α,β-unsaturated/α-hetero) is 1. The number of ketones is 1. The van der Waals surface area contributed by atoms with Crippen LogP contribution in [0.3, 0.4) is 0 Å². The number of carbonyl (C=O) groups is 1. The van der Waals surface area contributed by atoms with E-state index in [4.69, 9.17) is 0 Å². The number of benzene rings is 2. The molecule has 0 saturated heterocycles. The number of rotatable bonds is 4. The second kappa shape index (κ2) is 5.74. The molecule has 0 atom stereocenters. The quantitative estimate of drug-likeness (QED) is 0.538. The van der Waals surface area contributed by atoms with Crippen LogP contribution in [0.4, 0.5) is 0 Å². The molecule has 0 aliphatic heterocycles. The van der Waals surface area contributed by atoms with E-state index in [1.54, 1.807) is 18.7 Å². The molecule has 21 heavy (non-hydrogen) atoms. The Morgan fingerprint density at radius 2 is 2.00 bits per heavy atom. The molecule has 0 aliphatic rings. The van der Waals surface area contributed by atoms with E-state index in [1.807, 2.05) is 48.1 Å². The molecular formula is C17H16N2OS. The van der Waals surface area contributed by atoms with Gasteiger partial charge in [-0.05, 0) is 25.1 Å². The fourth-order valence-corrected chi connectivity index (χ4v) is 3.25. The van der Waals surface area contributed by atoms with Gasteiger partial charge in [0, 0.05) is 28.6 Å². The third-order valence-electron chi connectivity index (χ3n) is 3.45. The molecule has 1 aromatic heterocycles. The number of aromatic nitrogens is 2. The molecule has 2 aromatic carbocycles. The van der Waals surface area contributed by atoms with Gasteiger partial charge in [-0.15, -0.1) is 11.8 Å². The second-order valence-corrected chi connectivity index (χ2v) is 6.01. The summed E-state index contributed by atoms with van der Waals surface area (Å²) >= 11 is 1.71. The van der Waals surface area contributed by atoms with Crippen molar-refractivity contribution in [2.75, 3.05) is 0 Å². The molecule has 3 nitrogen and oxygen atoms in total. The second-order valence-electron chi connectivity index (χ2n) is 4.96. The number of carbonyl (C=O) groups excluding carboxylic acids is 1. The van der Waals surface area contributed by atoms with Crippen molar-refractivity contribution in [3.05, 3.63) is 59.8 Å². The maximum absolute atomic E-state index is 11.4. The molecule has 0 saturated carbocycles. The summed E-state index contributed by atoms with van der Waals surface area (Å²) in [6.07, 6.45) is 0. The van der Waals surface area contributed by atoms with Crippen molar-refractivity contribution in [1.29, 1.82) is 0 Å². The van der Waals surface area contributed by atoms with Gasteiger partial charge in [0.15, 0.2) is 5.78 Å². The Hall–Kier alpha value is -2.07. The van der Waals surface area contributed by atoms with Gasteiger partial charge in [-0.1, -0.05) is 30.3 Å². The van der Waals surface area contributed by atoms with Crippen LogP contribution in [0.15, 0.2) is 53.4 Å². The van der Waals surface area contributed by atoms with Gasteiger partial charge in [0.1, 0.15) is 0 Å². The van der Waals surface area contributed by atoms with Gasteiger partial charge in [0.2, 0.25) is 0 Å². The van der Waals surface area contributed by atoms with E-state index in [0.29, 0.717) is 0 Å². The van der Waals surface area contributed by atoms with Crippen LogP contribution in [-0.2, 0) is 12.8 Å². The highest BCUT2D eigenvalue weighted by Gasteiger charge is 2.08. The van der Waals surface area contributed by atoms with E-state index in [9.17, 15) is 4.79 Å². The van der Waals surface area contributed by atoms with Crippen LogP contribution < -0.4 is 0 Å². The first-order valence-corrected chi connectivity index (χ1v) is 7.78. The van der Waals surface area contributed by atoms with E-state index in [2.05, 4.69) is 17.2 Å². The van der Waals surface area contributed by atoms with Crippen molar-refractivity contribution in [3.8, 4) is 0 Å². The summed E-state index contributed by atoms with van der Waals surface area (Å²) < 4.78 is 1.91. The highest BCUT2D eigenvalue weighted by atomic mass is 32.2. The minimum atomic E-state index is 0.0979.